The van der Waals surface area contributed by atoms with E-state index in [1.807, 2.05) is 30.4 Å². The number of fused-ring (bicyclic) bond motifs is 1. The highest BCUT2D eigenvalue weighted by atomic mass is 32.1. The van der Waals surface area contributed by atoms with Crippen molar-refractivity contribution in [1.82, 2.24) is 4.90 Å². The summed E-state index contributed by atoms with van der Waals surface area (Å²) in [6.07, 6.45) is 9.08. The molecule has 3 aromatic rings. The van der Waals surface area contributed by atoms with Gasteiger partial charge in [0.25, 0.3) is 0 Å². The minimum atomic E-state index is 0.00336. The molecule has 176 valence electrons. The standard InChI is InChI=1S/C28H29NO4S/c30-21-8-4-20(5-9-21)28-26(24-13-10-22(31)18-25(24)34-28)27(32)19-6-11-23(12-7-19)33-17-16-29-14-2-1-3-15-29/h4-6,8-11,13,18,30-31H,1-3,7,12,14-17H2. The lowest BCUT2D eigenvalue weighted by Crippen LogP contribution is -2.32. The number of hydrogen-bond donors (Lipinski definition) is 2. The molecule has 1 fully saturated rings. The van der Waals surface area contributed by atoms with E-state index in [0.29, 0.717) is 18.6 Å². The zero-order valence-electron chi connectivity index (χ0n) is 19.1. The molecule has 5 nitrogen and oxygen atoms in total. The number of ketones is 1. The zero-order valence-corrected chi connectivity index (χ0v) is 19.9. The van der Waals surface area contributed by atoms with E-state index in [1.165, 1.54) is 30.6 Å². The summed E-state index contributed by atoms with van der Waals surface area (Å²) in [6.45, 7) is 3.97. The van der Waals surface area contributed by atoms with Crippen LogP contribution in [0.15, 0.2) is 65.9 Å². The molecule has 1 aliphatic heterocycles. The number of carbonyl (C=O) groups is 1. The Balaban J connectivity index is 1.37. The van der Waals surface area contributed by atoms with Crippen molar-refractivity contribution in [2.45, 2.75) is 32.1 Å². The molecule has 1 saturated heterocycles. The number of likely N-dealkylation sites (tertiary alicyclic amines) is 1. The summed E-state index contributed by atoms with van der Waals surface area (Å²) in [7, 11) is 0. The molecule has 0 saturated carbocycles. The van der Waals surface area contributed by atoms with E-state index in [9.17, 15) is 15.0 Å². The number of ether oxygens (including phenoxy) is 1. The lowest BCUT2D eigenvalue weighted by Gasteiger charge is -2.26. The fraction of sp³-hybridized carbons (Fsp3) is 0.321. The maximum Gasteiger partial charge on any atom is 0.191 e. The largest absolute Gasteiger partial charge is 0.508 e. The van der Waals surface area contributed by atoms with Gasteiger partial charge in [-0.3, -0.25) is 9.69 Å². The Hall–Kier alpha value is -3.09. The fourth-order valence-electron chi connectivity index (χ4n) is 4.70. The third-order valence-corrected chi connectivity index (χ3v) is 7.78. The van der Waals surface area contributed by atoms with E-state index < -0.39 is 0 Å². The molecule has 0 amide bonds. The molecule has 0 bridgehead atoms. The van der Waals surface area contributed by atoms with Crippen LogP contribution in [-0.2, 0) is 4.74 Å². The first-order valence-corrected chi connectivity index (χ1v) is 12.7. The quantitative estimate of drug-likeness (QED) is 0.394. The number of allylic oxidation sites excluding steroid dienone is 4. The van der Waals surface area contributed by atoms with Crippen LogP contribution in [0.4, 0.5) is 0 Å². The summed E-state index contributed by atoms with van der Waals surface area (Å²) >= 11 is 1.48. The van der Waals surface area contributed by atoms with Crippen LogP contribution in [0, 0.1) is 0 Å². The van der Waals surface area contributed by atoms with Gasteiger partial charge in [-0.05, 0) is 86.5 Å². The molecule has 34 heavy (non-hydrogen) atoms. The van der Waals surface area contributed by atoms with E-state index in [-0.39, 0.29) is 17.3 Å². The number of phenolic OH excluding ortho intramolecular Hbond substituents is 2. The van der Waals surface area contributed by atoms with Crippen molar-refractivity contribution < 1.29 is 19.7 Å². The Morgan fingerprint density at radius 3 is 2.44 bits per heavy atom. The van der Waals surface area contributed by atoms with Crippen LogP contribution in [0.1, 0.15) is 42.5 Å². The highest BCUT2D eigenvalue weighted by molar-refractivity contribution is 7.22. The van der Waals surface area contributed by atoms with Crippen molar-refractivity contribution >= 4 is 27.2 Å². The van der Waals surface area contributed by atoms with Crippen LogP contribution >= 0.6 is 11.3 Å². The van der Waals surface area contributed by atoms with Gasteiger partial charge < -0.3 is 14.9 Å². The molecule has 1 aliphatic carbocycles. The molecule has 0 atom stereocenters. The summed E-state index contributed by atoms with van der Waals surface area (Å²) in [6, 6.07) is 12.0. The number of rotatable bonds is 7. The maximum absolute atomic E-state index is 13.7. The molecule has 2 N–H and O–H groups in total. The number of carbonyl (C=O) groups excluding carboxylic acids is 1. The number of aromatic hydroxyl groups is 2. The van der Waals surface area contributed by atoms with Gasteiger partial charge in [-0.25, -0.2) is 0 Å². The van der Waals surface area contributed by atoms with Crippen LogP contribution < -0.4 is 0 Å². The van der Waals surface area contributed by atoms with Crippen molar-refractivity contribution in [3.8, 4) is 21.9 Å². The first kappa shape index (κ1) is 22.7. The molecule has 0 spiro atoms. The van der Waals surface area contributed by atoms with E-state index in [0.717, 1.165) is 57.9 Å². The summed E-state index contributed by atoms with van der Waals surface area (Å²) in [5.41, 5.74) is 2.28. The molecule has 2 heterocycles. The van der Waals surface area contributed by atoms with Crippen molar-refractivity contribution in [2.75, 3.05) is 26.2 Å². The number of benzene rings is 2. The zero-order chi connectivity index (χ0) is 23.5. The summed E-state index contributed by atoms with van der Waals surface area (Å²) in [5.74, 6) is 1.30. The van der Waals surface area contributed by atoms with Gasteiger partial charge in [0.2, 0.25) is 0 Å². The van der Waals surface area contributed by atoms with E-state index in [4.69, 9.17) is 4.74 Å². The minimum absolute atomic E-state index is 0.00336. The van der Waals surface area contributed by atoms with Gasteiger partial charge in [0.1, 0.15) is 18.1 Å². The third kappa shape index (κ3) is 4.88. The monoisotopic (exact) mass is 475 g/mol. The Morgan fingerprint density at radius 2 is 1.71 bits per heavy atom. The van der Waals surface area contributed by atoms with Gasteiger partial charge in [0.05, 0.1) is 5.76 Å². The third-order valence-electron chi connectivity index (χ3n) is 6.58. The number of nitrogens with zero attached hydrogens (tertiary/aromatic N) is 1. The topological polar surface area (TPSA) is 70.0 Å². The second-order valence-electron chi connectivity index (χ2n) is 8.94. The number of thiophene rings is 1. The van der Waals surface area contributed by atoms with Crippen molar-refractivity contribution in [1.29, 1.82) is 0 Å². The lowest BCUT2D eigenvalue weighted by atomic mass is 9.92. The van der Waals surface area contributed by atoms with Gasteiger partial charge >= 0.3 is 0 Å². The summed E-state index contributed by atoms with van der Waals surface area (Å²) in [4.78, 5) is 17.0. The molecule has 6 heteroatoms. The van der Waals surface area contributed by atoms with Crippen molar-refractivity contribution in [3.63, 3.8) is 0 Å². The first-order valence-electron chi connectivity index (χ1n) is 11.9. The van der Waals surface area contributed by atoms with Crippen LogP contribution in [-0.4, -0.2) is 47.1 Å². The van der Waals surface area contributed by atoms with Crippen LogP contribution in [0.25, 0.3) is 20.5 Å². The predicted molar refractivity (Wildman–Crippen MR) is 137 cm³/mol. The van der Waals surface area contributed by atoms with Gasteiger partial charge in [-0.15, -0.1) is 11.3 Å². The highest BCUT2D eigenvalue weighted by Gasteiger charge is 2.24. The van der Waals surface area contributed by atoms with E-state index in [2.05, 4.69) is 4.90 Å². The van der Waals surface area contributed by atoms with Gasteiger partial charge in [0.15, 0.2) is 5.78 Å². The Kier molecular flexibility index (Phi) is 6.70. The Labute approximate surface area is 203 Å². The lowest BCUT2D eigenvalue weighted by molar-refractivity contribution is 0.103. The number of hydrogen-bond acceptors (Lipinski definition) is 6. The van der Waals surface area contributed by atoms with Crippen LogP contribution in [0.2, 0.25) is 0 Å². The second-order valence-corrected chi connectivity index (χ2v) is 9.99. The normalized spacial score (nSPS) is 16.8. The van der Waals surface area contributed by atoms with Crippen LogP contribution in [0.3, 0.4) is 0 Å². The average Bonchev–Trinajstić information content (AvgIpc) is 3.23. The predicted octanol–water partition coefficient (Wildman–Crippen LogP) is 6.27. The van der Waals surface area contributed by atoms with Gasteiger partial charge in [-0.2, -0.15) is 0 Å². The van der Waals surface area contributed by atoms with Gasteiger partial charge in [-0.1, -0.05) is 12.5 Å². The average molecular weight is 476 g/mol. The SMILES string of the molecule is O=C(C1=CC=C(OCCN2CCCCC2)CC1)c1c(-c2ccc(O)cc2)sc2cc(O)ccc12. The molecule has 1 aromatic heterocycles. The molecule has 2 aromatic carbocycles. The minimum Gasteiger partial charge on any atom is -0.508 e. The Bertz CT molecular complexity index is 1250. The highest BCUT2D eigenvalue weighted by Crippen LogP contribution is 2.42. The summed E-state index contributed by atoms with van der Waals surface area (Å²) < 4.78 is 6.87. The van der Waals surface area contributed by atoms with Crippen LogP contribution in [0.5, 0.6) is 11.5 Å². The molecule has 5 rings (SSSR count). The second kappa shape index (κ2) is 10.0. The Morgan fingerprint density at radius 1 is 0.941 bits per heavy atom. The molecular weight excluding hydrogens is 446 g/mol. The van der Waals surface area contributed by atoms with Crippen molar-refractivity contribution in [3.05, 3.63) is 71.5 Å². The van der Waals surface area contributed by atoms with E-state index >= 15 is 0 Å². The van der Waals surface area contributed by atoms with Gasteiger partial charge in [0, 0.05) is 39.1 Å². The molecule has 2 aliphatic rings. The van der Waals surface area contributed by atoms with Crippen molar-refractivity contribution in [2.24, 2.45) is 0 Å². The molecular formula is C28H29NO4S. The first-order chi connectivity index (χ1) is 16.6. The number of Topliss-reactive ketones (excluding diaryl/α,β-unsaturated/α-hetero) is 1. The fourth-order valence-corrected chi connectivity index (χ4v) is 5.94. The van der Waals surface area contributed by atoms with E-state index in [1.54, 1.807) is 24.3 Å². The smallest absolute Gasteiger partial charge is 0.191 e. The molecule has 0 unspecified atom stereocenters. The molecule has 0 radical (unpaired) electrons. The summed E-state index contributed by atoms with van der Waals surface area (Å²) in [5, 5.41) is 20.5. The number of piperidine rings is 1. The number of phenols is 2. The maximum atomic E-state index is 13.7.